The van der Waals surface area contributed by atoms with Gasteiger partial charge in [0.1, 0.15) is 5.75 Å². The van der Waals surface area contributed by atoms with Crippen LogP contribution in [-0.2, 0) is 4.79 Å². The summed E-state index contributed by atoms with van der Waals surface area (Å²) in [4.78, 5) is 24.2. The van der Waals surface area contributed by atoms with E-state index in [9.17, 15) is 9.59 Å². The van der Waals surface area contributed by atoms with Crippen molar-refractivity contribution in [2.24, 2.45) is 0 Å². The van der Waals surface area contributed by atoms with Gasteiger partial charge >= 0.3 is 0 Å². The van der Waals surface area contributed by atoms with Crippen LogP contribution >= 0.6 is 0 Å². The van der Waals surface area contributed by atoms with Crippen LogP contribution in [0.3, 0.4) is 0 Å². The molecule has 2 amide bonds. The monoisotopic (exact) mass is 340 g/mol. The van der Waals surface area contributed by atoms with E-state index in [0.29, 0.717) is 17.0 Å². The highest BCUT2D eigenvalue weighted by molar-refractivity contribution is 5.97. The molecule has 5 nitrogen and oxygen atoms in total. The Kier molecular flexibility index (Phi) is 6.57. The molecule has 0 aliphatic rings. The molecule has 2 aromatic carbocycles. The van der Waals surface area contributed by atoms with E-state index in [4.69, 9.17) is 4.74 Å². The summed E-state index contributed by atoms with van der Waals surface area (Å²) in [7, 11) is 0. The minimum atomic E-state index is -0.278. The van der Waals surface area contributed by atoms with Gasteiger partial charge in [-0.15, -0.1) is 0 Å². The maximum Gasteiger partial charge on any atom is 0.262 e. The molecule has 1 atom stereocenters. The molecule has 0 spiro atoms. The number of hydrogen-bond acceptors (Lipinski definition) is 3. The van der Waals surface area contributed by atoms with E-state index in [1.165, 1.54) is 0 Å². The molecule has 0 aliphatic heterocycles. The zero-order chi connectivity index (χ0) is 18.2. The number of amides is 2. The van der Waals surface area contributed by atoms with E-state index in [1.54, 1.807) is 24.3 Å². The van der Waals surface area contributed by atoms with Gasteiger partial charge in [-0.2, -0.15) is 0 Å². The van der Waals surface area contributed by atoms with Gasteiger partial charge in [-0.1, -0.05) is 30.7 Å². The van der Waals surface area contributed by atoms with E-state index >= 15 is 0 Å². The van der Waals surface area contributed by atoms with Crippen molar-refractivity contribution in [1.29, 1.82) is 0 Å². The molecule has 0 heterocycles. The first kappa shape index (κ1) is 18.5. The molecule has 5 heteroatoms. The second kappa shape index (κ2) is 8.87. The molecule has 0 fully saturated rings. The van der Waals surface area contributed by atoms with E-state index in [-0.39, 0.29) is 24.5 Å². The first-order chi connectivity index (χ1) is 12.0. The van der Waals surface area contributed by atoms with Crippen LogP contribution in [-0.4, -0.2) is 24.5 Å². The second-order valence-electron chi connectivity index (χ2n) is 6.01. The fourth-order valence-electron chi connectivity index (χ4n) is 2.13. The fourth-order valence-corrected chi connectivity index (χ4v) is 2.13. The summed E-state index contributed by atoms with van der Waals surface area (Å²) in [5.74, 6) is 0.212. The summed E-state index contributed by atoms with van der Waals surface area (Å²) in [5, 5.41) is 5.64. The molecular formula is C20H24N2O3. The first-order valence-corrected chi connectivity index (χ1v) is 8.38. The first-order valence-electron chi connectivity index (χ1n) is 8.38. The Morgan fingerprint density at radius 3 is 2.52 bits per heavy atom. The Bertz CT molecular complexity index is 726. The van der Waals surface area contributed by atoms with Crippen LogP contribution in [0.25, 0.3) is 0 Å². The van der Waals surface area contributed by atoms with Crippen molar-refractivity contribution >= 4 is 17.5 Å². The maximum atomic E-state index is 12.1. The Morgan fingerprint density at radius 1 is 1.12 bits per heavy atom. The third-order valence-corrected chi connectivity index (χ3v) is 3.79. The summed E-state index contributed by atoms with van der Waals surface area (Å²) in [6, 6.07) is 14.4. The molecular weight excluding hydrogens is 316 g/mol. The van der Waals surface area contributed by atoms with Gasteiger partial charge in [-0.25, -0.2) is 0 Å². The Morgan fingerprint density at radius 2 is 1.84 bits per heavy atom. The third-order valence-electron chi connectivity index (χ3n) is 3.79. The molecule has 0 saturated heterocycles. The number of carbonyl (C=O) groups is 2. The van der Waals surface area contributed by atoms with E-state index in [1.807, 2.05) is 45.0 Å². The highest BCUT2D eigenvalue weighted by Crippen LogP contribution is 2.13. The van der Waals surface area contributed by atoms with Crippen LogP contribution in [0, 0.1) is 6.92 Å². The third kappa shape index (κ3) is 5.95. The Labute approximate surface area is 148 Å². The zero-order valence-corrected chi connectivity index (χ0v) is 14.8. The summed E-state index contributed by atoms with van der Waals surface area (Å²) in [6.07, 6.45) is 0.860. The van der Waals surface area contributed by atoms with E-state index in [0.717, 1.165) is 12.0 Å². The predicted octanol–water partition coefficient (Wildman–Crippen LogP) is 3.54. The lowest BCUT2D eigenvalue weighted by Crippen LogP contribution is -2.32. The quantitative estimate of drug-likeness (QED) is 0.810. The zero-order valence-electron chi connectivity index (χ0n) is 14.8. The highest BCUT2D eigenvalue weighted by atomic mass is 16.5. The SMILES string of the molecule is CCC(C)NC(=O)c1cccc(NC(=O)COc2ccc(C)cc2)c1. The number of benzene rings is 2. The van der Waals surface area contributed by atoms with Gasteiger partial charge in [0.05, 0.1) is 0 Å². The maximum absolute atomic E-state index is 12.1. The molecule has 0 aliphatic carbocycles. The number of hydrogen-bond donors (Lipinski definition) is 2. The Balaban J connectivity index is 1.91. The number of nitrogens with one attached hydrogen (secondary N) is 2. The fraction of sp³-hybridized carbons (Fsp3) is 0.300. The van der Waals surface area contributed by atoms with Gasteiger partial charge in [-0.3, -0.25) is 9.59 Å². The van der Waals surface area contributed by atoms with Crippen molar-refractivity contribution in [2.45, 2.75) is 33.2 Å². The molecule has 0 aromatic heterocycles. The molecule has 0 saturated carbocycles. The average Bonchev–Trinajstić information content (AvgIpc) is 2.61. The molecule has 2 rings (SSSR count). The Hall–Kier alpha value is -2.82. The molecule has 132 valence electrons. The number of anilines is 1. The van der Waals surface area contributed by atoms with Crippen LogP contribution in [0.5, 0.6) is 5.75 Å². The molecule has 25 heavy (non-hydrogen) atoms. The van der Waals surface area contributed by atoms with Crippen LogP contribution < -0.4 is 15.4 Å². The predicted molar refractivity (Wildman–Crippen MR) is 99.0 cm³/mol. The summed E-state index contributed by atoms with van der Waals surface area (Å²) in [5.41, 5.74) is 2.20. The smallest absolute Gasteiger partial charge is 0.262 e. The summed E-state index contributed by atoms with van der Waals surface area (Å²) < 4.78 is 5.45. The van der Waals surface area contributed by atoms with Crippen molar-refractivity contribution < 1.29 is 14.3 Å². The van der Waals surface area contributed by atoms with Gasteiger partial charge in [-0.05, 0) is 50.6 Å². The largest absolute Gasteiger partial charge is 0.484 e. The van der Waals surface area contributed by atoms with E-state index in [2.05, 4.69) is 10.6 Å². The van der Waals surface area contributed by atoms with Gasteiger partial charge in [0, 0.05) is 17.3 Å². The topological polar surface area (TPSA) is 67.4 Å². The van der Waals surface area contributed by atoms with Crippen molar-refractivity contribution in [3.63, 3.8) is 0 Å². The van der Waals surface area contributed by atoms with Crippen molar-refractivity contribution in [1.82, 2.24) is 5.32 Å². The van der Waals surface area contributed by atoms with Gasteiger partial charge in [0.2, 0.25) is 0 Å². The molecule has 1 unspecified atom stereocenters. The number of carbonyl (C=O) groups excluding carboxylic acids is 2. The minimum Gasteiger partial charge on any atom is -0.484 e. The van der Waals surface area contributed by atoms with Crippen molar-refractivity contribution in [3.8, 4) is 5.75 Å². The van der Waals surface area contributed by atoms with Crippen LogP contribution in [0.4, 0.5) is 5.69 Å². The molecule has 2 N–H and O–H groups in total. The van der Waals surface area contributed by atoms with E-state index < -0.39 is 0 Å². The molecule has 2 aromatic rings. The number of rotatable bonds is 7. The van der Waals surface area contributed by atoms with Gasteiger partial charge < -0.3 is 15.4 Å². The van der Waals surface area contributed by atoms with Crippen LogP contribution in [0.1, 0.15) is 36.2 Å². The normalized spacial score (nSPS) is 11.5. The minimum absolute atomic E-state index is 0.0909. The van der Waals surface area contributed by atoms with Gasteiger partial charge in [0.15, 0.2) is 6.61 Å². The number of aryl methyl sites for hydroxylation is 1. The standard InChI is InChI=1S/C20H24N2O3/c1-4-15(3)21-20(24)16-6-5-7-17(12-16)22-19(23)13-25-18-10-8-14(2)9-11-18/h5-12,15H,4,13H2,1-3H3,(H,21,24)(H,22,23). The van der Waals surface area contributed by atoms with Crippen molar-refractivity contribution in [2.75, 3.05) is 11.9 Å². The number of ether oxygens (including phenoxy) is 1. The second-order valence-corrected chi connectivity index (χ2v) is 6.01. The van der Waals surface area contributed by atoms with Crippen LogP contribution in [0.15, 0.2) is 48.5 Å². The average molecular weight is 340 g/mol. The van der Waals surface area contributed by atoms with Crippen molar-refractivity contribution in [3.05, 3.63) is 59.7 Å². The lowest BCUT2D eigenvalue weighted by Gasteiger charge is -2.12. The van der Waals surface area contributed by atoms with Gasteiger partial charge in [0.25, 0.3) is 11.8 Å². The van der Waals surface area contributed by atoms with Crippen LogP contribution in [0.2, 0.25) is 0 Å². The summed E-state index contributed by atoms with van der Waals surface area (Å²) >= 11 is 0. The highest BCUT2D eigenvalue weighted by Gasteiger charge is 2.10. The lowest BCUT2D eigenvalue weighted by molar-refractivity contribution is -0.118. The molecule has 0 bridgehead atoms. The lowest BCUT2D eigenvalue weighted by atomic mass is 10.1. The molecule has 0 radical (unpaired) electrons. The summed E-state index contributed by atoms with van der Waals surface area (Å²) in [6.45, 7) is 5.86.